The Kier molecular flexibility index (Phi) is 5.62. The van der Waals surface area contributed by atoms with Crippen molar-refractivity contribution in [1.82, 2.24) is 5.32 Å². The number of carbonyl (C=O) groups excluding carboxylic acids is 1. The predicted octanol–water partition coefficient (Wildman–Crippen LogP) is 5.70. The first-order valence-electron chi connectivity index (χ1n) is 7.73. The second-order valence-electron chi connectivity index (χ2n) is 6.81. The first-order chi connectivity index (χ1) is 11.5. The Morgan fingerprint density at radius 1 is 1.04 bits per heavy atom. The fraction of sp³-hybridized carbons (Fsp3) is 0.316. The minimum absolute atomic E-state index is 0.0235. The maximum absolute atomic E-state index is 13.1. The smallest absolute Gasteiger partial charge is 0.348 e. The summed E-state index contributed by atoms with van der Waals surface area (Å²) in [6.45, 7) is 6.00. The second-order valence-corrected chi connectivity index (χ2v) is 7.72. The van der Waals surface area contributed by atoms with E-state index in [1.165, 1.54) is 12.1 Å². The Morgan fingerprint density at radius 3 is 2.16 bits per heavy atom. The molecule has 134 valence electrons. The fourth-order valence-electron chi connectivity index (χ4n) is 2.37. The molecule has 2 nitrogen and oxygen atoms in total. The molecule has 25 heavy (non-hydrogen) atoms. The van der Waals surface area contributed by atoms with Crippen LogP contribution in [-0.2, 0) is 18.1 Å². The molecule has 0 aliphatic carbocycles. The van der Waals surface area contributed by atoms with E-state index in [1.807, 2.05) is 12.1 Å². The standard InChI is InChI=1S/C19H19BrF3NO/c1-18(2,3)14-7-4-12(5-8-14)17(25)24-11-13-6-9-15(20)10-16(13)19(21,22)23/h4-10H,11H2,1-3H3,(H,24,25). The van der Waals surface area contributed by atoms with Crippen molar-refractivity contribution in [2.45, 2.75) is 38.9 Å². The molecule has 0 aromatic heterocycles. The van der Waals surface area contributed by atoms with Crippen LogP contribution in [0.1, 0.15) is 47.8 Å². The van der Waals surface area contributed by atoms with Crippen LogP contribution in [0, 0.1) is 0 Å². The molecule has 2 aromatic carbocycles. The molecule has 2 aromatic rings. The van der Waals surface area contributed by atoms with Crippen molar-refractivity contribution in [2.24, 2.45) is 0 Å². The Balaban J connectivity index is 2.13. The van der Waals surface area contributed by atoms with Gasteiger partial charge in [0.15, 0.2) is 0 Å². The summed E-state index contributed by atoms with van der Waals surface area (Å²) in [4.78, 5) is 12.2. The number of halogens is 4. The lowest BCUT2D eigenvalue weighted by Gasteiger charge is -2.19. The van der Waals surface area contributed by atoms with Crippen molar-refractivity contribution >= 4 is 21.8 Å². The number of hydrogen-bond donors (Lipinski definition) is 1. The van der Waals surface area contributed by atoms with Crippen LogP contribution in [0.25, 0.3) is 0 Å². The van der Waals surface area contributed by atoms with Gasteiger partial charge in [-0.3, -0.25) is 4.79 Å². The van der Waals surface area contributed by atoms with Gasteiger partial charge in [0.25, 0.3) is 5.91 Å². The van der Waals surface area contributed by atoms with Crippen LogP contribution < -0.4 is 5.32 Å². The third kappa shape index (κ3) is 5.08. The Bertz CT molecular complexity index is 762. The molecule has 6 heteroatoms. The highest BCUT2D eigenvalue weighted by Gasteiger charge is 2.33. The molecular formula is C19H19BrF3NO. The second kappa shape index (κ2) is 7.20. The molecule has 1 amide bonds. The van der Waals surface area contributed by atoms with Gasteiger partial charge in [0.05, 0.1) is 5.56 Å². The Morgan fingerprint density at radius 2 is 1.64 bits per heavy atom. The SMILES string of the molecule is CC(C)(C)c1ccc(C(=O)NCc2ccc(Br)cc2C(F)(F)F)cc1. The zero-order valence-corrected chi connectivity index (χ0v) is 15.8. The van der Waals surface area contributed by atoms with E-state index in [0.717, 1.165) is 11.6 Å². The molecule has 0 radical (unpaired) electrons. The van der Waals surface area contributed by atoms with Gasteiger partial charge in [-0.2, -0.15) is 13.2 Å². The average Bonchev–Trinajstić information content (AvgIpc) is 2.51. The minimum atomic E-state index is -4.47. The van der Waals surface area contributed by atoms with Crippen LogP contribution >= 0.6 is 15.9 Å². The highest BCUT2D eigenvalue weighted by molar-refractivity contribution is 9.10. The number of hydrogen-bond acceptors (Lipinski definition) is 1. The first-order valence-corrected chi connectivity index (χ1v) is 8.52. The van der Waals surface area contributed by atoms with Crippen molar-refractivity contribution in [3.05, 3.63) is 69.2 Å². The molecular weight excluding hydrogens is 395 g/mol. The summed E-state index contributed by atoms with van der Waals surface area (Å²) in [5, 5.41) is 2.55. The Labute approximate surface area is 153 Å². The van der Waals surface area contributed by atoms with Crippen LogP contribution in [0.4, 0.5) is 13.2 Å². The molecule has 0 atom stereocenters. The summed E-state index contributed by atoms with van der Waals surface area (Å²) < 4.78 is 39.6. The third-order valence-corrected chi connectivity index (χ3v) is 4.32. The molecule has 0 saturated heterocycles. The number of carbonyl (C=O) groups is 1. The van der Waals surface area contributed by atoms with Crippen LogP contribution in [0.15, 0.2) is 46.9 Å². The van der Waals surface area contributed by atoms with Crippen molar-refractivity contribution in [1.29, 1.82) is 0 Å². The molecule has 0 fully saturated rings. The normalized spacial score (nSPS) is 12.1. The monoisotopic (exact) mass is 413 g/mol. The molecule has 0 aliphatic rings. The molecule has 0 saturated carbocycles. The van der Waals surface area contributed by atoms with E-state index in [1.54, 1.807) is 12.1 Å². The van der Waals surface area contributed by atoms with Gasteiger partial charge in [0.1, 0.15) is 0 Å². The third-order valence-electron chi connectivity index (χ3n) is 3.83. The van der Waals surface area contributed by atoms with Gasteiger partial charge in [0.2, 0.25) is 0 Å². The first kappa shape index (κ1) is 19.5. The Hall–Kier alpha value is -1.82. The number of nitrogens with one attached hydrogen (secondary N) is 1. The fourth-order valence-corrected chi connectivity index (χ4v) is 2.73. The lowest BCUT2D eigenvalue weighted by atomic mass is 9.87. The average molecular weight is 414 g/mol. The summed E-state index contributed by atoms with van der Waals surface area (Å²) in [7, 11) is 0. The largest absolute Gasteiger partial charge is 0.416 e. The maximum Gasteiger partial charge on any atom is 0.416 e. The van der Waals surface area contributed by atoms with Crippen molar-refractivity contribution in [2.75, 3.05) is 0 Å². The molecule has 0 bridgehead atoms. The number of benzene rings is 2. The van der Waals surface area contributed by atoms with Gasteiger partial charge in [0, 0.05) is 16.6 Å². The quantitative estimate of drug-likeness (QED) is 0.687. The van der Waals surface area contributed by atoms with Crippen LogP contribution in [-0.4, -0.2) is 5.91 Å². The van der Waals surface area contributed by atoms with E-state index in [9.17, 15) is 18.0 Å². The lowest BCUT2D eigenvalue weighted by molar-refractivity contribution is -0.138. The molecule has 2 rings (SSSR count). The van der Waals surface area contributed by atoms with Gasteiger partial charge in [-0.25, -0.2) is 0 Å². The number of alkyl halides is 3. The lowest BCUT2D eigenvalue weighted by Crippen LogP contribution is -2.24. The van der Waals surface area contributed by atoms with E-state index in [4.69, 9.17) is 0 Å². The van der Waals surface area contributed by atoms with Crippen LogP contribution in [0.5, 0.6) is 0 Å². The molecule has 0 unspecified atom stereocenters. The zero-order chi connectivity index (χ0) is 18.8. The molecule has 1 N–H and O–H groups in total. The number of rotatable bonds is 3. The summed E-state index contributed by atoms with van der Waals surface area (Å²) in [6.07, 6.45) is -4.47. The molecule has 0 heterocycles. The highest BCUT2D eigenvalue weighted by Crippen LogP contribution is 2.33. The number of amides is 1. The highest BCUT2D eigenvalue weighted by atomic mass is 79.9. The van der Waals surface area contributed by atoms with Crippen molar-refractivity contribution in [3.63, 3.8) is 0 Å². The van der Waals surface area contributed by atoms with E-state index in [-0.39, 0.29) is 17.5 Å². The summed E-state index contributed by atoms with van der Waals surface area (Å²) in [5.74, 6) is -0.406. The topological polar surface area (TPSA) is 29.1 Å². The predicted molar refractivity (Wildman–Crippen MR) is 95.5 cm³/mol. The summed E-state index contributed by atoms with van der Waals surface area (Å²) in [5.41, 5.74) is 0.726. The summed E-state index contributed by atoms with van der Waals surface area (Å²) in [6, 6.07) is 11.0. The van der Waals surface area contributed by atoms with Crippen LogP contribution in [0.2, 0.25) is 0 Å². The van der Waals surface area contributed by atoms with E-state index < -0.39 is 17.6 Å². The molecule has 0 spiro atoms. The van der Waals surface area contributed by atoms with Crippen LogP contribution in [0.3, 0.4) is 0 Å². The van der Waals surface area contributed by atoms with Gasteiger partial charge in [-0.1, -0.05) is 54.9 Å². The van der Waals surface area contributed by atoms with Gasteiger partial charge >= 0.3 is 6.18 Å². The molecule has 0 aliphatic heterocycles. The summed E-state index contributed by atoms with van der Waals surface area (Å²) >= 11 is 3.04. The van der Waals surface area contributed by atoms with Gasteiger partial charge in [-0.15, -0.1) is 0 Å². The van der Waals surface area contributed by atoms with Crippen molar-refractivity contribution < 1.29 is 18.0 Å². The maximum atomic E-state index is 13.1. The van der Waals surface area contributed by atoms with E-state index in [0.29, 0.717) is 10.0 Å². The van der Waals surface area contributed by atoms with E-state index >= 15 is 0 Å². The minimum Gasteiger partial charge on any atom is -0.348 e. The zero-order valence-electron chi connectivity index (χ0n) is 14.2. The van der Waals surface area contributed by atoms with Gasteiger partial charge in [-0.05, 0) is 40.8 Å². The van der Waals surface area contributed by atoms with Gasteiger partial charge < -0.3 is 5.32 Å². The van der Waals surface area contributed by atoms with E-state index in [2.05, 4.69) is 42.0 Å². The van der Waals surface area contributed by atoms with Crippen molar-refractivity contribution in [3.8, 4) is 0 Å².